The zero-order chi connectivity index (χ0) is 14.3. The number of rotatable bonds is 7. The molecule has 1 aromatic rings. The van der Waals surface area contributed by atoms with Crippen molar-refractivity contribution in [3.8, 4) is 0 Å². The third-order valence-electron chi connectivity index (χ3n) is 2.85. The number of amidine groups is 1. The fourth-order valence-electron chi connectivity index (χ4n) is 1.83. The van der Waals surface area contributed by atoms with Gasteiger partial charge in [0.05, 0.1) is 12.2 Å². The molecule has 4 N–H and O–H groups in total. The number of aliphatic hydroxyl groups is 1. The number of hydrogen-bond acceptors (Lipinski definition) is 5. The highest BCUT2D eigenvalue weighted by Gasteiger charge is 2.15. The molecule has 0 aliphatic rings. The van der Waals surface area contributed by atoms with Crippen LogP contribution in [0, 0.1) is 6.92 Å². The summed E-state index contributed by atoms with van der Waals surface area (Å²) in [5.74, 6) is 0.680. The van der Waals surface area contributed by atoms with E-state index in [-0.39, 0.29) is 12.4 Å². The van der Waals surface area contributed by atoms with Crippen molar-refractivity contribution in [2.75, 3.05) is 24.6 Å². The van der Waals surface area contributed by atoms with E-state index in [1.54, 1.807) is 6.07 Å². The van der Waals surface area contributed by atoms with Crippen molar-refractivity contribution in [1.29, 1.82) is 0 Å². The molecule has 0 aromatic carbocycles. The number of nitrogens with zero attached hydrogens (tertiary/aromatic N) is 3. The smallest absolute Gasteiger partial charge is 0.173 e. The minimum absolute atomic E-state index is 0.0296. The molecule has 0 saturated carbocycles. The molecule has 19 heavy (non-hydrogen) atoms. The van der Waals surface area contributed by atoms with Gasteiger partial charge in [-0.3, -0.25) is 0 Å². The molecule has 0 saturated heterocycles. The average Bonchev–Trinajstić information content (AvgIpc) is 2.42. The zero-order valence-electron chi connectivity index (χ0n) is 11.5. The molecule has 0 bridgehead atoms. The molecule has 0 aliphatic carbocycles. The zero-order valence-corrected chi connectivity index (χ0v) is 11.5. The number of hydrogen-bond donors (Lipinski definition) is 3. The first-order valence-electron chi connectivity index (χ1n) is 6.45. The molecule has 1 rings (SSSR count). The third kappa shape index (κ3) is 4.10. The Bertz CT molecular complexity index is 435. The predicted octanol–water partition coefficient (Wildman–Crippen LogP) is 1.08. The van der Waals surface area contributed by atoms with Crippen molar-refractivity contribution in [2.24, 2.45) is 10.9 Å². The second-order valence-corrected chi connectivity index (χ2v) is 4.37. The molecule has 6 nitrogen and oxygen atoms in total. The Labute approximate surface area is 113 Å². The number of aryl methyl sites for hydroxylation is 1. The van der Waals surface area contributed by atoms with Gasteiger partial charge in [-0.25, -0.2) is 4.98 Å². The summed E-state index contributed by atoms with van der Waals surface area (Å²) in [6, 6.07) is 3.59. The van der Waals surface area contributed by atoms with E-state index in [0.29, 0.717) is 17.9 Å². The monoisotopic (exact) mass is 266 g/mol. The Morgan fingerprint density at radius 2 is 2.16 bits per heavy atom. The van der Waals surface area contributed by atoms with Crippen molar-refractivity contribution < 1.29 is 10.3 Å². The van der Waals surface area contributed by atoms with Crippen LogP contribution < -0.4 is 10.6 Å². The van der Waals surface area contributed by atoms with E-state index in [1.165, 1.54) is 0 Å². The van der Waals surface area contributed by atoms with Gasteiger partial charge in [0.1, 0.15) is 5.82 Å². The summed E-state index contributed by atoms with van der Waals surface area (Å²) in [7, 11) is 0. The third-order valence-corrected chi connectivity index (χ3v) is 2.85. The van der Waals surface area contributed by atoms with E-state index in [1.807, 2.05) is 17.9 Å². The molecule has 0 radical (unpaired) electrons. The van der Waals surface area contributed by atoms with Crippen LogP contribution in [0.25, 0.3) is 0 Å². The lowest BCUT2D eigenvalue weighted by Gasteiger charge is -2.25. The maximum atomic E-state index is 9.17. The molecule has 1 aromatic heterocycles. The second-order valence-electron chi connectivity index (χ2n) is 4.37. The second kappa shape index (κ2) is 7.58. The van der Waals surface area contributed by atoms with Crippen molar-refractivity contribution in [1.82, 2.24) is 4.98 Å². The molecular formula is C13H22N4O2. The Hall–Kier alpha value is -1.82. The largest absolute Gasteiger partial charge is 0.409 e. The summed E-state index contributed by atoms with van der Waals surface area (Å²) in [6.07, 6.45) is 2.04. The molecule has 1 heterocycles. The first kappa shape index (κ1) is 15.2. The van der Waals surface area contributed by atoms with Gasteiger partial charge in [-0.15, -0.1) is 0 Å². The van der Waals surface area contributed by atoms with E-state index in [0.717, 1.165) is 25.1 Å². The maximum absolute atomic E-state index is 9.17. The van der Waals surface area contributed by atoms with Crippen LogP contribution in [0.15, 0.2) is 17.3 Å². The molecule has 0 aliphatic heterocycles. The number of pyridine rings is 1. The van der Waals surface area contributed by atoms with E-state index in [2.05, 4.69) is 17.1 Å². The van der Waals surface area contributed by atoms with Gasteiger partial charge < -0.3 is 20.9 Å². The summed E-state index contributed by atoms with van der Waals surface area (Å²) >= 11 is 0. The lowest BCUT2D eigenvalue weighted by molar-refractivity contribution is 0.301. The van der Waals surface area contributed by atoms with Crippen LogP contribution in [0.3, 0.4) is 0 Å². The van der Waals surface area contributed by atoms with Gasteiger partial charge in [0.2, 0.25) is 0 Å². The molecule has 0 unspecified atom stereocenters. The minimum atomic E-state index is 0.0296. The molecule has 0 amide bonds. The van der Waals surface area contributed by atoms with Gasteiger partial charge in [-0.05, 0) is 25.5 Å². The summed E-state index contributed by atoms with van der Waals surface area (Å²) < 4.78 is 0. The van der Waals surface area contributed by atoms with Crippen LogP contribution in [0.4, 0.5) is 5.82 Å². The summed E-state index contributed by atoms with van der Waals surface area (Å²) in [6.45, 7) is 5.28. The van der Waals surface area contributed by atoms with Crippen molar-refractivity contribution in [3.63, 3.8) is 0 Å². The van der Waals surface area contributed by atoms with E-state index in [4.69, 9.17) is 10.9 Å². The van der Waals surface area contributed by atoms with Crippen molar-refractivity contribution >= 4 is 11.7 Å². The van der Waals surface area contributed by atoms with Crippen LogP contribution in [0.2, 0.25) is 0 Å². The van der Waals surface area contributed by atoms with Gasteiger partial charge in [0.25, 0.3) is 0 Å². The number of aromatic nitrogens is 1. The Morgan fingerprint density at radius 1 is 1.42 bits per heavy atom. The first-order chi connectivity index (χ1) is 9.13. The lowest BCUT2D eigenvalue weighted by atomic mass is 10.2. The van der Waals surface area contributed by atoms with E-state index >= 15 is 0 Å². The lowest BCUT2D eigenvalue weighted by Crippen LogP contribution is -2.31. The Balaban J connectivity index is 3.14. The fourth-order valence-corrected chi connectivity index (χ4v) is 1.83. The normalized spacial score (nSPS) is 11.6. The standard InChI is InChI=1S/C13H22N4O2/c1-3-4-7-17(8-9-18)13-11(12(14)16-19)6-5-10(2)15-13/h5-6,18-19H,3-4,7-9H2,1-2H3,(H2,14,16). The maximum Gasteiger partial charge on any atom is 0.173 e. The van der Waals surface area contributed by atoms with Gasteiger partial charge in [-0.1, -0.05) is 18.5 Å². The highest BCUT2D eigenvalue weighted by atomic mass is 16.4. The molecule has 106 valence electrons. The van der Waals surface area contributed by atoms with Gasteiger partial charge in [-0.2, -0.15) is 0 Å². The predicted molar refractivity (Wildman–Crippen MR) is 75.7 cm³/mol. The number of oxime groups is 1. The summed E-state index contributed by atoms with van der Waals surface area (Å²) in [5.41, 5.74) is 7.11. The van der Waals surface area contributed by atoms with Gasteiger partial charge >= 0.3 is 0 Å². The van der Waals surface area contributed by atoms with Crippen molar-refractivity contribution in [3.05, 3.63) is 23.4 Å². The van der Waals surface area contributed by atoms with Crippen LogP contribution in [-0.4, -0.2) is 40.8 Å². The highest BCUT2D eigenvalue weighted by Crippen LogP contribution is 2.19. The van der Waals surface area contributed by atoms with E-state index in [9.17, 15) is 5.11 Å². The summed E-state index contributed by atoms with van der Waals surface area (Å²) in [5, 5.41) is 21.0. The number of unbranched alkanes of at least 4 members (excludes halogenated alkanes) is 1. The van der Waals surface area contributed by atoms with Crippen LogP contribution in [0.1, 0.15) is 31.0 Å². The van der Waals surface area contributed by atoms with Crippen LogP contribution >= 0.6 is 0 Å². The highest BCUT2D eigenvalue weighted by molar-refractivity contribution is 6.01. The Kier molecular flexibility index (Phi) is 6.08. The first-order valence-corrected chi connectivity index (χ1v) is 6.45. The van der Waals surface area contributed by atoms with Crippen LogP contribution in [0.5, 0.6) is 0 Å². The molecule has 0 fully saturated rings. The average molecular weight is 266 g/mol. The fraction of sp³-hybridized carbons (Fsp3) is 0.538. The molecule has 0 atom stereocenters. The number of anilines is 1. The number of aliphatic hydroxyl groups excluding tert-OH is 1. The van der Waals surface area contributed by atoms with Crippen molar-refractivity contribution in [2.45, 2.75) is 26.7 Å². The van der Waals surface area contributed by atoms with E-state index < -0.39 is 0 Å². The van der Waals surface area contributed by atoms with Crippen LogP contribution in [-0.2, 0) is 0 Å². The van der Waals surface area contributed by atoms with Gasteiger partial charge in [0.15, 0.2) is 5.84 Å². The molecule has 6 heteroatoms. The summed E-state index contributed by atoms with van der Waals surface area (Å²) in [4.78, 5) is 6.42. The SMILES string of the molecule is CCCCN(CCO)c1nc(C)ccc1C(N)=NO. The number of nitrogens with two attached hydrogens (primary N) is 1. The van der Waals surface area contributed by atoms with Gasteiger partial charge in [0, 0.05) is 18.8 Å². The molecule has 0 spiro atoms. The Morgan fingerprint density at radius 3 is 2.74 bits per heavy atom. The minimum Gasteiger partial charge on any atom is -0.409 e. The topological polar surface area (TPSA) is 95.0 Å². The molecular weight excluding hydrogens is 244 g/mol. The quantitative estimate of drug-likeness (QED) is 0.297.